The lowest BCUT2D eigenvalue weighted by atomic mass is 10.1. The Kier molecular flexibility index (Phi) is 3.68. The molecule has 6 nitrogen and oxygen atoms in total. The van der Waals surface area contributed by atoms with Gasteiger partial charge in [0.25, 0.3) is 0 Å². The van der Waals surface area contributed by atoms with Crippen LogP contribution >= 0.6 is 0 Å². The molecule has 0 aliphatic heterocycles. The maximum Gasteiger partial charge on any atom is 0.314 e. The van der Waals surface area contributed by atoms with Crippen molar-refractivity contribution >= 4 is 5.69 Å². The van der Waals surface area contributed by atoms with Crippen LogP contribution in [0.15, 0.2) is 12.1 Å². The summed E-state index contributed by atoms with van der Waals surface area (Å²) >= 11 is 0. The van der Waals surface area contributed by atoms with Crippen LogP contribution < -0.4 is 10.5 Å². The molecule has 0 spiro atoms. The van der Waals surface area contributed by atoms with Crippen molar-refractivity contribution < 1.29 is 14.8 Å². The summed E-state index contributed by atoms with van der Waals surface area (Å²) in [6, 6.07) is 2.74. The van der Waals surface area contributed by atoms with Gasteiger partial charge in [-0.25, -0.2) is 0 Å². The van der Waals surface area contributed by atoms with Gasteiger partial charge in [0.1, 0.15) is 0 Å². The van der Waals surface area contributed by atoms with Crippen molar-refractivity contribution in [2.24, 2.45) is 5.73 Å². The van der Waals surface area contributed by atoms with E-state index in [9.17, 15) is 15.2 Å². The summed E-state index contributed by atoms with van der Waals surface area (Å²) in [4.78, 5) is 10.0. The summed E-state index contributed by atoms with van der Waals surface area (Å²) in [5.41, 5.74) is 5.90. The summed E-state index contributed by atoms with van der Waals surface area (Å²) in [5.74, 6) is -0.370. The fourth-order valence-electron chi connectivity index (χ4n) is 1.43. The van der Waals surface area contributed by atoms with Gasteiger partial charge in [0.2, 0.25) is 5.75 Å². The zero-order chi connectivity index (χ0) is 12.3. The van der Waals surface area contributed by atoms with E-state index >= 15 is 0 Å². The first-order valence-electron chi connectivity index (χ1n) is 4.75. The summed E-state index contributed by atoms with van der Waals surface area (Å²) in [6.07, 6.45) is 0.484. The molecule has 0 amide bonds. The predicted molar refractivity (Wildman–Crippen MR) is 58.7 cm³/mol. The number of hydrogen-bond donors (Lipinski definition) is 2. The monoisotopic (exact) mass is 226 g/mol. The summed E-state index contributed by atoms with van der Waals surface area (Å²) in [7, 11) is 1.34. The highest BCUT2D eigenvalue weighted by molar-refractivity contribution is 5.57. The minimum absolute atomic E-state index is 0.0878. The quantitative estimate of drug-likeness (QED) is 0.593. The fourth-order valence-corrected chi connectivity index (χ4v) is 1.43. The molecule has 0 unspecified atom stereocenters. The van der Waals surface area contributed by atoms with E-state index in [0.29, 0.717) is 12.0 Å². The van der Waals surface area contributed by atoms with E-state index in [4.69, 9.17) is 10.5 Å². The zero-order valence-electron chi connectivity index (χ0n) is 9.14. The molecule has 0 aliphatic carbocycles. The number of aromatic hydroxyl groups is 1. The molecule has 1 rings (SSSR count). The number of benzene rings is 1. The molecule has 0 bridgehead atoms. The third-order valence-corrected chi connectivity index (χ3v) is 2.09. The molecule has 16 heavy (non-hydrogen) atoms. The number of nitro benzene ring substituents is 1. The third-order valence-electron chi connectivity index (χ3n) is 2.09. The van der Waals surface area contributed by atoms with Gasteiger partial charge in [0, 0.05) is 12.1 Å². The average Bonchev–Trinajstić information content (AvgIpc) is 2.19. The topological polar surface area (TPSA) is 98.6 Å². The number of ether oxygens (including phenoxy) is 1. The Bertz CT molecular complexity index is 404. The van der Waals surface area contributed by atoms with E-state index in [1.807, 2.05) is 0 Å². The number of phenols is 1. The Balaban J connectivity index is 3.23. The van der Waals surface area contributed by atoms with E-state index in [2.05, 4.69) is 0 Å². The van der Waals surface area contributed by atoms with Crippen molar-refractivity contribution in [3.8, 4) is 11.5 Å². The fraction of sp³-hybridized carbons (Fsp3) is 0.400. The minimum Gasteiger partial charge on any atom is -0.500 e. The van der Waals surface area contributed by atoms with Crippen LogP contribution in [0, 0.1) is 10.1 Å². The van der Waals surface area contributed by atoms with Crippen LogP contribution in [0.3, 0.4) is 0 Å². The van der Waals surface area contributed by atoms with Crippen LogP contribution in [-0.2, 0) is 6.42 Å². The molecular weight excluding hydrogens is 212 g/mol. The molecule has 0 fully saturated rings. The lowest BCUT2D eigenvalue weighted by molar-refractivity contribution is -0.386. The summed E-state index contributed by atoms with van der Waals surface area (Å²) < 4.78 is 4.86. The molecule has 1 atom stereocenters. The Hall–Kier alpha value is -1.82. The third kappa shape index (κ3) is 2.60. The van der Waals surface area contributed by atoms with Crippen molar-refractivity contribution in [2.45, 2.75) is 19.4 Å². The number of rotatable bonds is 4. The normalized spacial score (nSPS) is 12.2. The van der Waals surface area contributed by atoms with Crippen molar-refractivity contribution in [3.63, 3.8) is 0 Å². The van der Waals surface area contributed by atoms with Crippen LogP contribution in [0.5, 0.6) is 11.5 Å². The van der Waals surface area contributed by atoms with Crippen molar-refractivity contribution in [2.75, 3.05) is 7.11 Å². The molecule has 0 saturated carbocycles. The molecule has 0 saturated heterocycles. The maximum absolute atomic E-state index is 10.7. The largest absolute Gasteiger partial charge is 0.500 e. The second-order valence-corrected chi connectivity index (χ2v) is 3.60. The first-order valence-corrected chi connectivity index (χ1v) is 4.75. The van der Waals surface area contributed by atoms with Crippen LogP contribution in [0.2, 0.25) is 0 Å². The molecule has 1 aromatic rings. The highest BCUT2D eigenvalue weighted by Crippen LogP contribution is 2.37. The van der Waals surface area contributed by atoms with E-state index in [-0.39, 0.29) is 17.5 Å². The van der Waals surface area contributed by atoms with Crippen LogP contribution in [0.4, 0.5) is 5.69 Å². The van der Waals surface area contributed by atoms with Gasteiger partial charge in [-0.1, -0.05) is 0 Å². The van der Waals surface area contributed by atoms with E-state index in [1.165, 1.54) is 13.2 Å². The van der Waals surface area contributed by atoms with Gasteiger partial charge in [-0.3, -0.25) is 10.1 Å². The standard InChI is InChI=1S/C10H14N2O4/c1-6(11)3-7-4-8(12(14)15)10(13)9(5-7)16-2/h4-6,13H,3,11H2,1-2H3/t6-/m1/s1. The van der Waals surface area contributed by atoms with E-state index < -0.39 is 10.7 Å². The summed E-state index contributed by atoms with van der Waals surface area (Å²) in [6.45, 7) is 1.80. The number of nitrogens with zero attached hydrogens (tertiary/aromatic N) is 1. The van der Waals surface area contributed by atoms with Gasteiger partial charge in [-0.15, -0.1) is 0 Å². The number of nitrogens with two attached hydrogens (primary N) is 1. The second-order valence-electron chi connectivity index (χ2n) is 3.60. The summed E-state index contributed by atoms with van der Waals surface area (Å²) in [5, 5.41) is 20.2. The average molecular weight is 226 g/mol. The predicted octanol–water partition coefficient (Wildman–Crippen LogP) is 1.20. The van der Waals surface area contributed by atoms with Crippen LogP contribution in [-0.4, -0.2) is 23.2 Å². The molecule has 0 aromatic heterocycles. The SMILES string of the molecule is COc1cc(C[C@@H](C)N)cc([N+](=O)[O-])c1O. The minimum atomic E-state index is -0.650. The van der Waals surface area contributed by atoms with Crippen LogP contribution in [0.1, 0.15) is 12.5 Å². The van der Waals surface area contributed by atoms with Gasteiger partial charge in [0.15, 0.2) is 5.75 Å². The highest BCUT2D eigenvalue weighted by atomic mass is 16.6. The molecule has 0 heterocycles. The van der Waals surface area contributed by atoms with Gasteiger partial charge in [-0.05, 0) is 25.0 Å². The Morgan fingerprint density at radius 2 is 2.25 bits per heavy atom. The van der Waals surface area contributed by atoms with E-state index in [1.54, 1.807) is 13.0 Å². The molecular formula is C10H14N2O4. The smallest absolute Gasteiger partial charge is 0.314 e. The van der Waals surface area contributed by atoms with Crippen LogP contribution in [0.25, 0.3) is 0 Å². The molecule has 1 aromatic carbocycles. The Morgan fingerprint density at radius 3 is 2.69 bits per heavy atom. The number of hydrogen-bond acceptors (Lipinski definition) is 5. The second kappa shape index (κ2) is 4.80. The lowest BCUT2D eigenvalue weighted by Crippen LogP contribution is -2.17. The van der Waals surface area contributed by atoms with Crippen molar-refractivity contribution in [3.05, 3.63) is 27.8 Å². The highest BCUT2D eigenvalue weighted by Gasteiger charge is 2.19. The van der Waals surface area contributed by atoms with E-state index in [0.717, 1.165) is 0 Å². The zero-order valence-corrected chi connectivity index (χ0v) is 9.14. The number of methoxy groups -OCH3 is 1. The Morgan fingerprint density at radius 1 is 1.62 bits per heavy atom. The molecule has 88 valence electrons. The van der Waals surface area contributed by atoms with Gasteiger partial charge in [-0.2, -0.15) is 0 Å². The number of phenolic OH excluding ortho intramolecular Hbond substituents is 1. The lowest BCUT2D eigenvalue weighted by Gasteiger charge is -2.09. The Labute approximate surface area is 92.8 Å². The van der Waals surface area contributed by atoms with Crippen molar-refractivity contribution in [1.29, 1.82) is 0 Å². The first-order chi connectivity index (χ1) is 7.45. The van der Waals surface area contributed by atoms with Gasteiger partial charge >= 0.3 is 5.69 Å². The van der Waals surface area contributed by atoms with Crippen molar-refractivity contribution in [1.82, 2.24) is 0 Å². The maximum atomic E-state index is 10.7. The molecule has 0 aliphatic rings. The number of nitro groups is 1. The molecule has 6 heteroatoms. The van der Waals surface area contributed by atoms with Gasteiger partial charge < -0.3 is 15.6 Å². The first kappa shape index (κ1) is 12.3. The molecule has 3 N–H and O–H groups in total. The molecule has 0 radical (unpaired) electrons. The van der Waals surface area contributed by atoms with Gasteiger partial charge in [0.05, 0.1) is 12.0 Å².